The van der Waals surface area contributed by atoms with E-state index in [4.69, 9.17) is 5.73 Å². The maximum Gasteiger partial charge on any atom is 0.178 e. The van der Waals surface area contributed by atoms with Gasteiger partial charge < -0.3 is 5.73 Å². The summed E-state index contributed by atoms with van der Waals surface area (Å²) in [6.45, 7) is 7.00. The van der Waals surface area contributed by atoms with Gasteiger partial charge in [-0.2, -0.15) is 5.10 Å². The fourth-order valence-electron chi connectivity index (χ4n) is 3.42. The molecule has 29 heavy (non-hydrogen) atoms. The molecule has 0 unspecified atom stereocenters. The zero-order chi connectivity index (χ0) is 20.2. The van der Waals surface area contributed by atoms with Gasteiger partial charge in [-0.25, -0.2) is 10.1 Å². The third-order valence-electron chi connectivity index (χ3n) is 4.61. The number of aromatic amines is 1. The fraction of sp³-hybridized carbons (Fsp3) is 0.182. The van der Waals surface area contributed by atoms with Crippen LogP contribution in [-0.2, 0) is 19.4 Å². The van der Waals surface area contributed by atoms with Gasteiger partial charge >= 0.3 is 0 Å². The van der Waals surface area contributed by atoms with E-state index in [-0.39, 0.29) is 0 Å². The molecule has 4 aromatic rings. The monoisotopic (exact) mass is 385 g/mol. The van der Waals surface area contributed by atoms with Crippen molar-refractivity contribution >= 4 is 17.0 Å². The number of pyridine rings is 1. The van der Waals surface area contributed by atoms with Gasteiger partial charge in [0.1, 0.15) is 11.3 Å². The minimum Gasteiger partial charge on any atom is -0.384 e. The zero-order valence-corrected chi connectivity index (χ0v) is 16.3. The van der Waals surface area contributed by atoms with Crippen LogP contribution >= 0.6 is 0 Å². The smallest absolute Gasteiger partial charge is 0.178 e. The summed E-state index contributed by atoms with van der Waals surface area (Å²) >= 11 is 0. The molecule has 0 saturated carbocycles. The second-order valence-corrected chi connectivity index (χ2v) is 7.25. The Morgan fingerprint density at radius 2 is 2.07 bits per heavy atom. The second-order valence-electron chi connectivity index (χ2n) is 7.25. The molecule has 0 spiro atoms. The molecule has 3 N–H and O–H groups in total. The van der Waals surface area contributed by atoms with E-state index in [1.807, 2.05) is 41.3 Å². The summed E-state index contributed by atoms with van der Waals surface area (Å²) in [6.07, 6.45) is 7.56. The van der Waals surface area contributed by atoms with Crippen molar-refractivity contribution in [3.05, 3.63) is 89.3 Å². The third kappa shape index (κ3) is 4.57. The van der Waals surface area contributed by atoms with Crippen LogP contribution in [0.2, 0.25) is 0 Å². The lowest BCUT2D eigenvalue weighted by Gasteiger charge is -2.05. The van der Waals surface area contributed by atoms with Crippen molar-refractivity contribution in [3.8, 4) is 0 Å². The maximum atomic E-state index is 5.89. The highest BCUT2D eigenvalue weighted by molar-refractivity contribution is 5.76. The predicted octanol–water partition coefficient (Wildman–Crippen LogP) is 3.47. The minimum absolute atomic E-state index is 0.446. The highest BCUT2D eigenvalue weighted by Gasteiger charge is 2.10. The van der Waals surface area contributed by atoms with Crippen LogP contribution in [0.4, 0.5) is 5.82 Å². The molecule has 7 heteroatoms. The van der Waals surface area contributed by atoms with E-state index < -0.39 is 0 Å². The summed E-state index contributed by atoms with van der Waals surface area (Å²) in [6, 6.07) is 12.2. The zero-order valence-electron chi connectivity index (χ0n) is 16.3. The minimum atomic E-state index is 0.446. The Balaban J connectivity index is 1.42. The summed E-state index contributed by atoms with van der Waals surface area (Å²) in [7, 11) is 0. The molecule has 3 aromatic heterocycles. The molecule has 1 aromatic carbocycles. The molecule has 0 aliphatic rings. The van der Waals surface area contributed by atoms with Crippen molar-refractivity contribution in [1.82, 2.24) is 30.2 Å². The molecule has 146 valence electrons. The number of rotatable bonds is 7. The van der Waals surface area contributed by atoms with Crippen LogP contribution in [0, 0.1) is 0 Å². The van der Waals surface area contributed by atoms with E-state index in [0.717, 1.165) is 28.6 Å². The second kappa shape index (κ2) is 8.10. The van der Waals surface area contributed by atoms with E-state index in [1.165, 1.54) is 11.1 Å². The Kier molecular flexibility index (Phi) is 5.20. The number of hydrogen-bond donors (Lipinski definition) is 2. The molecule has 4 rings (SSSR count). The van der Waals surface area contributed by atoms with Gasteiger partial charge in [-0.3, -0.25) is 4.68 Å². The fourth-order valence-corrected chi connectivity index (χ4v) is 3.42. The van der Waals surface area contributed by atoms with Gasteiger partial charge in [0.2, 0.25) is 0 Å². The van der Waals surface area contributed by atoms with Gasteiger partial charge in [0.15, 0.2) is 5.65 Å². The number of H-pyrrole nitrogens is 1. The number of allylic oxidation sites excluding steroid dienone is 3. The normalized spacial score (nSPS) is 11.8. The molecule has 0 aliphatic heterocycles. The van der Waals surface area contributed by atoms with Crippen molar-refractivity contribution in [3.63, 3.8) is 0 Å². The molecule has 0 bridgehead atoms. The Labute approximate surface area is 169 Å². The Morgan fingerprint density at radius 1 is 1.24 bits per heavy atom. The molecule has 0 atom stereocenters. The maximum absolute atomic E-state index is 5.89. The summed E-state index contributed by atoms with van der Waals surface area (Å²) in [5.41, 5.74) is 12.8. The average Bonchev–Trinajstić information content (AvgIpc) is 3.31. The molecular formula is C22H23N7. The van der Waals surface area contributed by atoms with Gasteiger partial charge in [-0.1, -0.05) is 59.3 Å². The number of nitrogens with one attached hydrogen (secondary N) is 1. The van der Waals surface area contributed by atoms with Crippen LogP contribution in [0.3, 0.4) is 0 Å². The van der Waals surface area contributed by atoms with Crippen molar-refractivity contribution in [2.45, 2.75) is 26.3 Å². The van der Waals surface area contributed by atoms with E-state index in [2.05, 4.69) is 57.2 Å². The topological polar surface area (TPSA) is 98.3 Å². The molecule has 0 saturated heterocycles. The number of nitrogen functional groups attached to an aromatic ring is 1. The van der Waals surface area contributed by atoms with Crippen molar-refractivity contribution in [2.75, 3.05) is 5.73 Å². The first-order chi connectivity index (χ1) is 14.1. The van der Waals surface area contributed by atoms with Crippen molar-refractivity contribution < 1.29 is 0 Å². The number of nitrogens with zero attached hydrogens (tertiary/aromatic N) is 5. The van der Waals surface area contributed by atoms with E-state index in [0.29, 0.717) is 24.4 Å². The van der Waals surface area contributed by atoms with Crippen LogP contribution in [0.1, 0.15) is 23.6 Å². The van der Waals surface area contributed by atoms with Crippen molar-refractivity contribution in [1.29, 1.82) is 0 Å². The Hall–Kier alpha value is -3.74. The Morgan fingerprint density at radius 3 is 2.90 bits per heavy atom. The van der Waals surface area contributed by atoms with Crippen LogP contribution in [0.5, 0.6) is 0 Å². The first kappa shape index (κ1) is 18.6. The summed E-state index contributed by atoms with van der Waals surface area (Å²) < 4.78 is 1.93. The van der Waals surface area contributed by atoms with Gasteiger partial charge in [-0.05, 0) is 36.1 Å². The van der Waals surface area contributed by atoms with Crippen LogP contribution in [0.25, 0.3) is 11.2 Å². The average molecular weight is 385 g/mol. The summed E-state index contributed by atoms with van der Waals surface area (Å²) in [5.74, 6) is 0.446. The summed E-state index contributed by atoms with van der Waals surface area (Å²) in [4.78, 5) is 4.20. The van der Waals surface area contributed by atoms with E-state index >= 15 is 0 Å². The van der Waals surface area contributed by atoms with Crippen LogP contribution < -0.4 is 5.73 Å². The molecule has 0 fully saturated rings. The lowest BCUT2D eigenvalue weighted by Crippen LogP contribution is -2.00. The molecule has 3 heterocycles. The highest BCUT2D eigenvalue weighted by Crippen LogP contribution is 2.19. The first-order valence-corrected chi connectivity index (χ1v) is 9.43. The van der Waals surface area contributed by atoms with Crippen LogP contribution in [-0.4, -0.2) is 30.2 Å². The highest BCUT2D eigenvalue weighted by atomic mass is 15.3. The largest absolute Gasteiger partial charge is 0.384 e. The van der Waals surface area contributed by atoms with Crippen LogP contribution in [0.15, 0.2) is 72.6 Å². The quantitative estimate of drug-likeness (QED) is 0.475. The summed E-state index contributed by atoms with van der Waals surface area (Å²) in [5, 5.41) is 15.2. The van der Waals surface area contributed by atoms with E-state index in [9.17, 15) is 0 Å². The molecule has 0 aliphatic carbocycles. The first-order valence-electron chi connectivity index (χ1n) is 9.43. The van der Waals surface area contributed by atoms with Crippen molar-refractivity contribution in [2.24, 2.45) is 0 Å². The predicted molar refractivity (Wildman–Crippen MR) is 114 cm³/mol. The number of hydrogen-bond acceptors (Lipinski definition) is 5. The van der Waals surface area contributed by atoms with Gasteiger partial charge in [-0.15, -0.1) is 5.10 Å². The Bertz CT molecular complexity index is 1170. The molecule has 0 amide bonds. The number of nitrogens with two attached hydrogens (primary N) is 1. The SMILES string of the molecule is C=C(/C=C(\C)Cn1cc(Cc2cc(N)nc3[nH]nnc23)cn1)Cc1ccccc1. The number of anilines is 1. The number of aromatic nitrogens is 6. The van der Waals surface area contributed by atoms with Gasteiger partial charge in [0.25, 0.3) is 0 Å². The third-order valence-corrected chi connectivity index (χ3v) is 4.61. The number of benzene rings is 1. The van der Waals surface area contributed by atoms with Gasteiger partial charge in [0, 0.05) is 12.6 Å². The van der Waals surface area contributed by atoms with Gasteiger partial charge in [0.05, 0.1) is 12.7 Å². The molecular weight excluding hydrogens is 362 g/mol. The van der Waals surface area contributed by atoms with E-state index in [1.54, 1.807) is 0 Å². The number of fused-ring (bicyclic) bond motifs is 1. The molecule has 0 radical (unpaired) electrons. The molecule has 7 nitrogen and oxygen atoms in total. The lowest BCUT2D eigenvalue weighted by atomic mass is 10.0. The standard InChI is InChI=1S/C22H23N7/c1-15(9-17-6-4-3-5-7-17)8-16(2)13-29-14-18(12-24-29)10-19-11-20(23)25-22-21(19)26-28-27-22/h3-8,11-12,14H,1,9-10,13H2,2H3,(H3,23,25,26,27,28)/b16-8+. The lowest BCUT2D eigenvalue weighted by molar-refractivity contribution is 0.676.